The lowest BCUT2D eigenvalue weighted by Crippen LogP contribution is -2.42. The number of carbonyl (C=O) groups is 1. The number of hydrogen-bond acceptors (Lipinski definition) is 6. The molecule has 24 heavy (non-hydrogen) atoms. The predicted octanol–water partition coefficient (Wildman–Crippen LogP) is 1.27. The average Bonchev–Trinajstić information content (AvgIpc) is 3.04. The number of likely N-dealkylation sites (N-methyl/N-ethyl adjacent to an activating group) is 1. The number of nitrogens with zero attached hydrogens (tertiary/aromatic N) is 2. The zero-order valence-corrected chi connectivity index (χ0v) is 15.8. The van der Waals surface area contributed by atoms with Crippen molar-refractivity contribution >= 4 is 15.7 Å². The molecule has 7 nitrogen and oxygen atoms in total. The number of oxazole rings is 1. The lowest BCUT2D eigenvalue weighted by Gasteiger charge is -2.22. The number of sulfone groups is 1. The van der Waals surface area contributed by atoms with Gasteiger partial charge in [-0.2, -0.15) is 0 Å². The largest absolute Gasteiger partial charge is 0.443 e. The maximum absolute atomic E-state index is 12.1. The number of nitrogens with one attached hydrogen (secondary N) is 1. The van der Waals surface area contributed by atoms with Crippen LogP contribution in [0.15, 0.2) is 10.6 Å². The molecule has 1 aliphatic rings. The molecule has 136 valence electrons. The summed E-state index contributed by atoms with van der Waals surface area (Å²) in [7, 11) is -1.18. The third-order valence-electron chi connectivity index (χ3n) is 4.27. The van der Waals surface area contributed by atoms with Gasteiger partial charge in [-0.1, -0.05) is 20.8 Å². The topological polar surface area (TPSA) is 92.5 Å². The maximum Gasteiger partial charge on any atom is 0.234 e. The number of carbonyl (C=O) groups excluding carboxylic acids is 1. The molecule has 1 fully saturated rings. The molecule has 0 saturated carbocycles. The van der Waals surface area contributed by atoms with Crippen LogP contribution in [0.2, 0.25) is 0 Å². The lowest BCUT2D eigenvalue weighted by atomic mass is 9.94. The van der Waals surface area contributed by atoms with Gasteiger partial charge >= 0.3 is 0 Å². The Balaban J connectivity index is 1.90. The zero-order valence-electron chi connectivity index (χ0n) is 15.0. The highest BCUT2D eigenvalue weighted by Gasteiger charge is 2.30. The van der Waals surface area contributed by atoms with Crippen molar-refractivity contribution in [1.29, 1.82) is 0 Å². The molecule has 2 atom stereocenters. The van der Waals surface area contributed by atoms with E-state index in [1.165, 1.54) is 0 Å². The van der Waals surface area contributed by atoms with E-state index in [2.05, 4.69) is 31.1 Å². The van der Waals surface area contributed by atoms with Gasteiger partial charge in [-0.15, -0.1) is 0 Å². The molecular weight excluding hydrogens is 330 g/mol. The summed E-state index contributed by atoms with van der Waals surface area (Å²) in [6, 6.07) is -0.431. The second-order valence-electron chi connectivity index (χ2n) is 7.57. The Hall–Kier alpha value is -1.41. The fourth-order valence-electron chi connectivity index (χ4n) is 2.56. The van der Waals surface area contributed by atoms with Crippen LogP contribution in [-0.4, -0.2) is 55.3 Å². The first-order valence-electron chi connectivity index (χ1n) is 8.14. The van der Waals surface area contributed by atoms with Crippen molar-refractivity contribution in [2.45, 2.75) is 51.6 Å². The summed E-state index contributed by atoms with van der Waals surface area (Å²) in [5.41, 5.74) is -0.116. The second-order valence-corrected chi connectivity index (χ2v) is 9.80. The molecule has 1 N–H and O–H groups in total. The number of hydrogen-bond donors (Lipinski definition) is 1. The molecule has 0 aliphatic carbocycles. The van der Waals surface area contributed by atoms with Crippen LogP contribution in [0.3, 0.4) is 0 Å². The molecule has 0 bridgehead atoms. The van der Waals surface area contributed by atoms with E-state index in [0.717, 1.165) is 5.76 Å². The fraction of sp³-hybridized carbons (Fsp3) is 0.750. The van der Waals surface area contributed by atoms with Crippen LogP contribution >= 0.6 is 0 Å². The van der Waals surface area contributed by atoms with Gasteiger partial charge in [0.15, 0.2) is 9.84 Å². The predicted molar refractivity (Wildman–Crippen MR) is 91.4 cm³/mol. The molecule has 0 radical (unpaired) electrons. The number of rotatable bonds is 5. The molecule has 1 saturated heterocycles. The van der Waals surface area contributed by atoms with Gasteiger partial charge in [0.2, 0.25) is 11.8 Å². The van der Waals surface area contributed by atoms with Crippen molar-refractivity contribution < 1.29 is 17.6 Å². The minimum atomic E-state index is -2.99. The summed E-state index contributed by atoms with van der Waals surface area (Å²) in [4.78, 5) is 18.3. The van der Waals surface area contributed by atoms with Gasteiger partial charge < -0.3 is 9.73 Å². The Labute approximate surface area is 143 Å². The van der Waals surface area contributed by atoms with Crippen molar-refractivity contribution in [2.24, 2.45) is 0 Å². The molecule has 2 heterocycles. The molecule has 2 rings (SSSR count). The number of amides is 1. The Kier molecular flexibility index (Phi) is 5.39. The molecule has 2 unspecified atom stereocenters. The fourth-order valence-corrected chi connectivity index (χ4v) is 4.23. The van der Waals surface area contributed by atoms with E-state index < -0.39 is 9.84 Å². The van der Waals surface area contributed by atoms with Crippen LogP contribution in [0.4, 0.5) is 0 Å². The highest BCUT2D eigenvalue weighted by atomic mass is 32.2. The molecule has 1 aliphatic heterocycles. The highest BCUT2D eigenvalue weighted by molar-refractivity contribution is 7.91. The molecule has 8 heteroatoms. The minimum absolute atomic E-state index is 0.0344. The van der Waals surface area contributed by atoms with Gasteiger partial charge in [0, 0.05) is 11.5 Å². The van der Waals surface area contributed by atoms with Crippen molar-refractivity contribution in [3.63, 3.8) is 0 Å². The van der Waals surface area contributed by atoms with E-state index in [4.69, 9.17) is 4.42 Å². The van der Waals surface area contributed by atoms with Gasteiger partial charge in [-0.05, 0) is 20.4 Å². The monoisotopic (exact) mass is 357 g/mol. The summed E-state index contributed by atoms with van der Waals surface area (Å²) < 4.78 is 28.7. The van der Waals surface area contributed by atoms with Crippen LogP contribution < -0.4 is 5.32 Å². The molecule has 1 aromatic rings. The highest BCUT2D eigenvalue weighted by Crippen LogP contribution is 2.26. The Morgan fingerprint density at radius 1 is 1.50 bits per heavy atom. The summed E-state index contributed by atoms with van der Waals surface area (Å²) in [5.74, 6) is 1.37. The second kappa shape index (κ2) is 6.84. The first kappa shape index (κ1) is 18.9. The van der Waals surface area contributed by atoms with E-state index in [1.807, 2.05) is 18.9 Å². The normalized spacial score (nSPS) is 21.8. The Bertz CT molecular complexity index is 690. The van der Waals surface area contributed by atoms with Gasteiger partial charge in [-0.25, -0.2) is 13.4 Å². The summed E-state index contributed by atoms with van der Waals surface area (Å²) in [5, 5.41) is 2.79. The van der Waals surface area contributed by atoms with Gasteiger partial charge in [0.25, 0.3) is 0 Å². The van der Waals surface area contributed by atoms with E-state index in [9.17, 15) is 13.2 Å². The third kappa shape index (κ3) is 4.80. The van der Waals surface area contributed by atoms with Gasteiger partial charge in [0.05, 0.1) is 30.3 Å². The summed E-state index contributed by atoms with van der Waals surface area (Å²) in [6.07, 6.45) is 2.21. The maximum atomic E-state index is 12.1. The van der Waals surface area contributed by atoms with E-state index in [0.29, 0.717) is 12.3 Å². The van der Waals surface area contributed by atoms with Crippen molar-refractivity contribution in [3.8, 4) is 0 Å². The average molecular weight is 357 g/mol. The summed E-state index contributed by atoms with van der Waals surface area (Å²) in [6.45, 7) is 8.23. The lowest BCUT2D eigenvalue weighted by molar-refractivity contribution is -0.123. The Morgan fingerprint density at radius 3 is 2.67 bits per heavy atom. The quantitative estimate of drug-likeness (QED) is 0.853. The van der Waals surface area contributed by atoms with Gasteiger partial charge in [0.1, 0.15) is 5.76 Å². The van der Waals surface area contributed by atoms with Crippen LogP contribution in [0.1, 0.15) is 51.8 Å². The Morgan fingerprint density at radius 2 is 2.17 bits per heavy atom. The standard InChI is InChI=1S/C16H27N3O4S/c1-11(15-17-8-13(23-15)16(2,3)4)19(5)9-14(20)18-12-6-7-24(21,22)10-12/h8,11-12H,6-7,9-10H2,1-5H3,(H,18,20). The van der Waals surface area contributed by atoms with Crippen molar-refractivity contribution in [3.05, 3.63) is 17.8 Å². The number of aromatic nitrogens is 1. The van der Waals surface area contributed by atoms with E-state index in [-0.39, 0.29) is 41.5 Å². The van der Waals surface area contributed by atoms with Crippen molar-refractivity contribution in [2.75, 3.05) is 25.1 Å². The molecule has 0 aromatic carbocycles. The van der Waals surface area contributed by atoms with Crippen LogP contribution in [0.5, 0.6) is 0 Å². The van der Waals surface area contributed by atoms with Crippen LogP contribution in [-0.2, 0) is 20.0 Å². The van der Waals surface area contributed by atoms with Crippen LogP contribution in [0, 0.1) is 0 Å². The van der Waals surface area contributed by atoms with Gasteiger partial charge in [-0.3, -0.25) is 9.69 Å². The zero-order chi connectivity index (χ0) is 18.1. The van der Waals surface area contributed by atoms with Crippen LogP contribution in [0.25, 0.3) is 0 Å². The summed E-state index contributed by atoms with van der Waals surface area (Å²) >= 11 is 0. The molecule has 1 aromatic heterocycles. The third-order valence-corrected chi connectivity index (χ3v) is 6.04. The van der Waals surface area contributed by atoms with Crippen molar-refractivity contribution in [1.82, 2.24) is 15.2 Å². The first-order chi connectivity index (χ1) is 11.0. The van der Waals surface area contributed by atoms with E-state index >= 15 is 0 Å². The SMILES string of the molecule is CC(c1ncc(C(C)(C)C)o1)N(C)CC(=O)NC1CCS(=O)(=O)C1. The van der Waals surface area contributed by atoms with E-state index in [1.54, 1.807) is 6.20 Å². The smallest absolute Gasteiger partial charge is 0.234 e. The minimum Gasteiger partial charge on any atom is -0.443 e. The molecular formula is C16H27N3O4S. The first-order valence-corrected chi connectivity index (χ1v) is 9.96. The molecule has 1 amide bonds. The molecule has 0 spiro atoms.